The molecule has 0 saturated carbocycles. The van der Waals surface area contributed by atoms with E-state index in [1.54, 1.807) is 13.2 Å². The standard InChI is InChI=1S/C18H23BrN4.HI/c1-18(2,15-9-4-5-10-16(15)19)13-23-17(20-3)22-12-14-8-6-7-11-21-14;/h4-11H,12-13H2,1-3H3,(H2,20,22,23);1H. The molecule has 0 amide bonds. The van der Waals surface area contributed by atoms with Crippen LogP contribution in [0.15, 0.2) is 58.1 Å². The van der Waals surface area contributed by atoms with Crippen molar-refractivity contribution in [1.29, 1.82) is 0 Å². The molecule has 2 aromatic rings. The molecule has 2 N–H and O–H groups in total. The first-order valence-electron chi connectivity index (χ1n) is 7.62. The fourth-order valence-electron chi connectivity index (χ4n) is 2.31. The monoisotopic (exact) mass is 502 g/mol. The lowest BCUT2D eigenvalue weighted by molar-refractivity contribution is 0.506. The van der Waals surface area contributed by atoms with E-state index in [-0.39, 0.29) is 29.4 Å². The van der Waals surface area contributed by atoms with Crippen molar-refractivity contribution in [2.24, 2.45) is 4.99 Å². The number of halogens is 2. The van der Waals surface area contributed by atoms with Gasteiger partial charge >= 0.3 is 0 Å². The Kier molecular flexibility index (Phi) is 8.69. The topological polar surface area (TPSA) is 49.3 Å². The number of pyridine rings is 1. The number of rotatable bonds is 5. The second kappa shape index (κ2) is 9.98. The first-order valence-corrected chi connectivity index (χ1v) is 8.41. The highest BCUT2D eigenvalue weighted by molar-refractivity contribution is 14.0. The Morgan fingerprint density at radius 3 is 2.46 bits per heavy atom. The van der Waals surface area contributed by atoms with Gasteiger partial charge in [-0.25, -0.2) is 0 Å². The predicted molar refractivity (Wildman–Crippen MR) is 115 cm³/mol. The average molecular weight is 503 g/mol. The van der Waals surface area contributed by atoms with Crippen LogP contribution in [0.1, 0.15) is 25.1 Å². The maximum atomic E-state index is 4.30. The van der Waals surface area contributed by atoms with Crippen molar-refractivity contribution in [3.05, 3.63) is 64.4 Å². The van der Waals surface area contributed by atoms with Gasteiger partial charge < -0.3 is 10.6 Å². The summed E-state index contributed by atoms with van der Waals surface area (Å²) in [7, 11) is 1.78. The van der Waals surface area contributed by atoms with Crippen molar-refractivity contribution in [2.45, 2.75) is 25.8 Å². The van der Waals surface area contributed by atoms with Gasteiger partial charge in [0, 0.05) is 29.7 Å². The van der Waals surface area contributed by atoms with Crippen LogP contribution in [0.5, 0.6) is 0 Å². The van der Waals surface area contributed by atoms with E-state index in [0.717, 1.165) is 22.7 Å². The number of hydrogen-bond acceptors (Lipinski definition) is 2. The molecule has 1 aromatic heterocycles. The molecule has 24 heavy (non-hydrogen) atoms. The van der Waals surface area contributed by atoms with E-state index < -0.39 is 0 Å². The fraction of sp³-hybridized carbons (Fsp3) is 0.333. The van der Waals surface area contributed by atoms with Gasteiger partial charge in [0.2, 0.25) is 0 Å². The maximum Gasteiger partial charge on any atom is 0.191 e. The van der Waals surface area contributed by atoms with Gasteiger partial charge in [-0.15, -0.1) is 24.0 Å². The van der Waals surface area contributed by atoms with Crippen LogP contribution in [0.4, 0.5) is 0 Å². The third-order valence-corrected chi connectivity index (χ3v) is 4.38. The van der Waals surface area contributed by atoms with E-state index in [4.69, 9.17) is 0 Å². The molecule has 6 heteroatoms. The Balaban J connectivity index is 0.00000288. The summed E-state index contributed by atoms with van der Waals surface area (Å²) in [5.74, 6) is 0.774. The molecule has 0 aliphatic rings. The minimum Gasteiger partial charge on any atom is -0.356 e. The van der Waals surface area contributed by atoms with Crippen molar-refractivity contribution in [3.8, 4) is 0 Å². The van der Waals surface area contributed by atoms with Crippen molar-refractivity contribution in [2.75, 3.05) is 13.6 Å². The van der Waals surface area contributed by atoms with Crippen LogP contribution in [0.25, 0.3) is 0 Å². The summed E-state index contributed by atoms with van der Waals surface area (Å²) in [5.41, 5.74) is 2.23. The van der Waals surface area contributed by atoms with Gasteiger partial charge in [0.25, 0.3) is 0 Å². The normalized spacial score (nSPS) is 11.6. The lowest BCUT2D eigenvalue weighted by Gasteiger charge is -2.27. The lowest BCUT2D eigenvalue weighted by atomic mass is 9.84. The first-order chi connectivity index (χ1) is 11.0. The van der Waals surface area contributed by atoms with Crippen LogP contribution in [0.2, 0.25) is 0 Å². The molecular weight excluding hydrogens is 479 g/mol. The van der Waals surface area contributed by atoms with E-state index in [1.165, 1.54) is 5.56 Å². The maximum absolute atomic E-state index is 4.30. The summed E-state index contributed by atoms with van der Waals surface area (Å²) < 4.78 is 1.13. The number of hydrogen-bond donors (Lipinski definition) is 2. The van der Waals surface area contributed by atoms with Crippen LogP contribution in [-0.4, -0.2) is 24.5 Å². The molecule has 0 radical (unpaired) electrons. The minimum atomic E-state index is -0.0251. The summed E-state index contributed by atoms with van der Waals surface area (Å²) in [6, 6.07) is 14.2. The average Bonchev–Trinajstić information content (AvgIpc) is 2.56. The van der Waals surface area contributed by atoms with Crippen molar-refractivity contribution < 1.29 is 0 Å². The highest BCUT2D eigenvalue weighted by Crippen LogP contribution is 2.29. The smallest absolute Gasteiger partial charge is 0.191 e. The third kappa shape index (κ3) is 6.05. The van der Waals surface area contributed by atoms with Crippen LogP contribution < -0.4 is 10.6 Å². The van der Waals surface area contributed by atoms with E-state index >= 15 is 0 Å². The zero-order valence-corrected chi connectivity index (χ0v) is 18.1. The van der Waals surface area contributed by atoms with Gasteiger partial charge in [-0.1, -0.05) is 54.0 Å². The van der Waals surface area contributed by atoms with Crippen LogP contribution in [-0.2, 0) is 12.0 Å². The number of aliphatic imine (C=N–C) groups is 1. The summed E-state index contributed by atoms with van der Waals surface area (Å²) in [5, 5.41) is 6.68. The second-order valence-corrected chi connectivity index (χ2v) is 6.82. The molecule has 0 aliphatic heterocycles. The number of guanidine groups is 1. The summed E-state index contributed by atoms with van der Waals surface area (Å²) >= 11 is 3.64. The zero-order chi connectivity index (χ0) is 16.7. The summed E-state index contributed by atoms with van der Waals surface area (Å²) in [6.45, 7) is 5.85. The SMILES string of the molecule is CN=C(NCc1ccccn1)NCC(C)(C)c1ccccc1Br.I. The Morgan fingerprint density at radius 2 is 1.83 bits per heavy atom. The molecular formula is C18H24BrIN4. The van der Waals surface area contributed by atoms with E-state index in [1.807, 2.05) is 24.3 Å². The Morgan fingerprint density at radius 1 is 1.12 bits per heavy atom. The largest absolute Gasteiger partial charge is 0.356 e. The predicted octanol–water partition coefficient (Wildman–Crippen LogP) is 4.10. The van der Waals surface area contributed by atoms with Gasteiger partial charge in [0.1, 0.15) is 0 Å². The molecule has 1 aromatic carbocycles. The number of nitrogens with one attached hydrogen (secondary N) is 2. The lowest BCUT2D eigenvalue weighted by Crippen LogP contribution is -2.43. The molecule has 0 aliphatic carbocycles. The minimum absolute atomic E-state index is 0. The van der Waals surface area contributed by atoms with Gasteiger partial charge in [-0.2, -0.15) is 0 Å². The van der Waals surface area contributed by atoms with E-state index in [2.05, 4.69) is 68.6 Å². The number of nitrogens with zero attached hydrogens (tertiary/aromatic N) is 2. The Hall–Kier alpha value is -1.15. The van der Waals surface area contributed by atoms with Gasteiger partial charge in [0.15, 0.2) is 5.96 Å². The fourth-order valence-corrected chi connectivity index (χ4v) is 3.13. The molecule has 0 saturated heterocycles. The number of benzene rings is 1. The third-order valence-electron chi connectivity index (χ3n) is 3.69. The molecule has 0 unspecified atom stereocenters. The zero-order valence-electron chi connectivity index (χ0n) is 14.2. The number of aromatic nitrogens is 1. The van der Waals surface area contributed by atoms with Crippen LogP contribution in [0, 0.1) is 0 Å². The highest BCUT2D eigenvalue weighted by Gasteiger charge is 2.23. The quantitative estimate of drug-likeness (QED) is 0.367. The van der Waals surface area contributed by atoms with E-state index in [9.17, 15) is 0 Å². The van der Waals surface area contributed by atoms with Gasteiger partial charge in [-0.3, -0.25) is 9.98 Å². The molecule has 2 rings (SSSR count). The first kappa shape index (κ1) is 20.9. The molecule has 0 spiro atoms. The van der Waals surface area contributed by atoms with Gasteiger partial charge in [-0.05, 0) is 23.8 Å². The molecule has 4 nitrogen and oxygen atoms in total. The van der Waals surface area contributed by atoms with Crippen molar-refractivity contribution in [1.82, 2.24) is 15.6 Å². The molecule has 1 heterocycles. The molecule has 0 fully saturated rings. The van der Waals surface area contributed by atoms with Crippen LogP contribution in [0.3, 0.4) is 0 Å². The molecule has 0 bridgehead atoms. The van der Waals surface area contributed by atoms with Crippen LogP contribution >= 0.6 is 39.9 Å². The molecule has 0 atom stereocenters. The highest BCUT2D eigenvalue weighted by atomic mass is 127. The molecule has 130 valence electrons. The van der Waals surface area contributed by atoms with Gasteiger partial charge in [0.05, 0.1) is 12.2 Å². The second-order valence-electron chi connectivity index (χ2n) is 5.96. The van der Waals surface area contributed by atoms with Crippen molar-refractivity contribution in [3.63, 3.8) is 0 Å². The van der Waals surface area contributed by atoms with E-state index in [0.29, 0.717) is 6.54 Å². The van der Waals surface area contributed by atoms with Crippen molar-refractivity contribution >= 4 is 45.9 Å². The Labute approximate surface area is 169 Å². The summed E-state index contributed by atoms with van der Waals surface area (Å²) in [4.78, 5) is 8.58. The summed E-state index contributed by atoms with van der Waals surface area (Å²) in [6.07, 6.45) is 1.79. The Bertz CT molecular complexity index is 659.